The predicted molar refractivity (Wildman–Crippen MR) is 82.6 cm³/mol. The fourth-order valence-electron chi connectivity index (χ4n) is 2.32. The van der Waals surface area contributed by atoms with Crippen molar-refractivity contribution >= 4 is 37.9 Å². The van der Waals surface area contributed by atoms with Gasteiger partial charge in [-0.2, -0.15) is 0 Å². The van der Waals surface area contributed by atoms with E-state index in [1.54, 1.807) is 11.6 Å². The molecule has 116 valence electrons. The minimum Gasteiger partial charge on any atom is -0.314 e. The first kappa shape index (κ1) is 15.2. The lowest BCUT2D eigenvalue weighted by Gasteiger charge is -2.26. The SMILES string of the molecule is O=S(=O)(NCCN1CCNCC1)c1c(Cl)nc2sccn12. The zero-order valence-electron chi connectivity index (χ0n) is 11.2. The van der Waals surface area contributed by atoms with Crippen molar-refractivity contribution < 1.29 is 8.42 Å². The molecule has 0 bridgehead atoms. The van der Waals surface area contributed by atoms with Gasteiger partial charge in [-0.1, -0.05) is 11.6 Å². The molecule has 7 nitrogen and oxygen atoms in total. The molecule has 1 aliphatic rings. The second kappa shape index (κ2) is 6.19. The fourth-order valence-corrected chi connectivity index (χ4v) is 4.79. The smallest absolute Gasteiger partial charge is 0.259 e. The van der Waals surface area contributed by atoms with Crippen LogP contribution in [-0.2, 0) is 10.0 Å². The number of fused-ring (bicyclic) bond motifs is 1. The summed E-state index contributed by atoms with van der Waals surface area (Å²) >= 11 is 7.30. The molecule has 21 heavy (non-hydrogen) atoms. The van der Waals surface area contributed by atoms with Crippen LogP contribution in [0.5, 0.6) is 0 Å². The summed E-state index contributed by atoms with van der Waals surface area (Å²) < 4.78 is 28.9. The van der Waals surface area contributed by atoms with Crippen LogP contribution in [0.3, 0.4) is 0 Å². The third kappa shape index (κ3) is 3.22. The summed E-state index contributed by atoms with van der Waals surface area (Å²) in [5.74, 6) is 0. The van der Waals surface area contributed by atoms with E-state index in [0.29, 0.717) is 18.1 Å². The number of halogens is 1. The molecule has 0 aromatic carbocycles. The average molecular weight is 350 g/mol. The molecule has 0 saturated carbocycles. The second-order valence-electron chi connectivity index (χ2n) is 4.75. The van der Waals surface area contributed by atoms with Crippen LogP contribution in [0.15, 0.2) is 16.6 Å². The maximum Gasteiger partial charge on any atom is 0.259 e. The zero-order valence-corrected chi connectivity index (χ0v) is 13.6. The van der Waals surface area contributed by atoms with Crippen LogP contribution in [0.4, 0.5) is 0 Å². The summed E-state index contributed by atoms with van der Waals surface area (Å²) in [5, 5.41) is 5.06. The molecular formula is C11H16ClN5O2S2. The minimum atomic E-state index is -3.66. The van der Waals surface area contributed by atoms with Crippen molar-refractivity contribution in [3.8, 4) is 0 Å². The van der Waals surface area contributed by atoms with Crippen molar-refractivity contribution in [2.75, 3.05) is 39.3 Å². The molecule has 0 spiro atoms. The Morgan fingerprint density at radius 1 is 1.43 bits per heavy atom. The van der Waals surface area contributed by atoms with Crippen molar-refractivity contribution in [2.45, 2.75) is 5.03 Å². The Balaban J connectivity index is 1.68. The van der Waals surface area contributed by atoms with E-state index in [1.807, 2.05) is 0 Å². The van der Waals surface area contributed by atoms with E-state index in [4.69, 9.17) is 11.6 Å². The number of rotatable bonds is 5. The highest BCUT2D eigenvalue weighted by atomic mass is 35.5. The van der Waals surface area contributed by atoms with Crippen LogP contribution < -0.4 is 10.0 Å². The van der Waals surface area contributed by atoms with Gasteiger partial charge in [-0.25, -0.2) is 18.1 Å². The summed E-state index contributed by atoms with van der Waals surface area (Å²) in [6.07, 6.45) is 1.66. The molecule has 1 fully saturated rings. The summed E-state index contributed by atoms with van der Waals surface area (Å²) in [7, 11) is -3.66. The Bertz CT molecular complexity index is 720. The van der Waals surface area contributed by atoms with E-state index < -0.39 is 10.0 Å². The molecule has 1 saturated heterocycles. The van der Waals surface area contributed by atoms with Gasteiger partial charge in [-0.3, -0.25) is 9.30 Å². The molecule has 1 aliphatic heterocycles. The summed E-state index contributed by atoms with van der Waals surface area (Å²) in [5.41, 5.74) is 0. The molecule has 10 heteroatoms. The number of piperazine rings is 1. The number of nitrogens with zero attached hydrogens (tertiary/aromatic N) is 3. The van der Waals surface area contributed by atoms with E-state index >= 15 is 0 Å². The number of nitrogens with one attached hydrogen (secondary N) is 2. The van der Waals surface area contributed by atoms with Gasteiger partial charge in [0.2, 0.25) is 0 Å². The maximum atomic E-state index is 12.4. The highest BCUT2D eigenvalue weighted by Crippen LogP contribution is 2.24. The maximum absolute atomic E-state index is 12.4. The van der Waals surface area contributed by atoms with Crippen LogP contribution in [0.1, 0.15) is 0 Å². The molecule has 2 aromatic rings. The molecular weight excluding hydrogens is 334 g/mol. The zero-order chi connectivity index (χ0) is 14.9. The molecule has 0 radical (unpaired) electrons. The normalized spacial score (nSPS) is 17.6. The lowest BCUT2D eigenvalue weighted by atomic mass is 10.3. The summed E-state index contributed by atoms with van der Waals surface area (Å²) in [4.78, 5) is 6.84. The standard InChI is InChI=1S/C11H16ClN5O2S2/c12-9-10(17-7-8-20-11(17)15-9)21(18,19)14-3-6-16-4-1-13-2-5-16/h7-8,13-14H,1-6H2. The molecule has 3 heterocycles. The first-order valence-corrected chi connectivity index (χ1v) is 9.36. The minimum absolute atomic E-state index is 0.0107. The van der Waals surface area contributed by atoms with E-state index in [9.17, 15) is 8.42 Å². The van der Waals surface area contributed by atoms with E-state index in [2.05, 4.69) is 19.9 Å². The monoisotopic (exact) mass is 349 g/mol. The Hall–Kier alpha value is -0.710. The first-order chi connectivity index (χ1) is 10.1. The molecule has 0 amide bonds. The molecule has 2 aromatic heterocycles. The van der Waals surface area contributed by atoms with Gasteiger partial charge >= 0.3 is 0 Å². The van der Waals surface area contributed by atoms with Crippen LogP contribution in [0.2, 0.25) is 5.15 Å². The number of hydrogen-bond acceptors (Lipinski definition) is 6. The van der Waals surface area contributed by atoms with Gasteiger partial charge in [0.1, 0.15) is 0 Å². The average Bonchev–Trinajstić information content (AvgIpc) is 2.99. The number of sulfonamides is 1. The highest BCUT2D eigenvalue weighted by Gasteiger charge is 2.24. The van der Waals surface area contributed by atoms with Crippen molar-refractivity contribution in [2.24, 2.45) is 0 Å². The van der Waals surface area contributed by atoms with Gasteiger partial charge in [0.25, 0.3) is 10.0 Å². The van der Waals surface area contributed by atoms with Crippen molar-refractivity contribution in [1.82, 2.24) is 24.3 Å². The third-order valence-electron chi connectivity index (χ3n) is 3.36. The van der Waals surface area contributed by atoms with Crippen LogP contribution in [0, 0.1) is 0 Å². The molecule has 0 unspecified atom stereocenters. The van der Waals surface area contributed by atoms with Crippen molar-refractivity contribution in [3.05, 3.63) is 16.7 Å². The van der Waals surface area contributed by atoms with Crippen LogP contribution in [-0.4, -0.2) is 62.0 Å². The fraction of sp³-hybridized carbons (Fsp3) is 0.545. The van der Waals surface area contributed by atoms with Gasteiger partial charge in [-0.15, -0.1) is 11.3 Å². The number of thiazole rings is 1. The van der Waals surface area contributed by atoms with E-state index in [0.717, 1.165) is 26.2 Å². The van der Waals surface area contributed by atoms with Gasteiger partial charge in [-0.05, 0) is 0 Å². The predicted octanol–water partition coefficient (Wildman–Crippen LogP) is 0.233. The van der Waals surface area contributed by atoms with Gasteiger partial charge in [0.15, 0.2) is 15.1 Å². The van der Waals surface area contributed by atoms with Gasteiger partial charge in [0, 0.05) is 50.8 Å². The lowest BCUT2D eigenvalue weighted by Crippen LogP contribution is -2.46. The van der Waals surface area contributed by atoms with Crippen LogP contribution in [0.25, 0.3) is 4.96 Å². The quantitative estimate of drug-likeness (QED) is 0.808. The van der Waals surface area contributed by atoms with Gasteiger partial charge < -0.3 is 5.32 Å². The second-order valence-corrected chi connectivity index (χ2v) is 7.67. The number of hydrogen-bond donors (Lipinski definition) is 2. The number of aromatic nitrogens is 2. The lowest BCUT2D eigenvalue weighted by molar-refractivity contribution is 0.245. The van der Waals surface area contributed by atoms with Crippen LogP contribution >= 0.6 is 22.9 Å². The topological polar surface area (TPSA) is 78.7 Å². The van der Waals surface area contributed by atoms with Gasteiger partial charge in [0.05, 0.1) is 0 Å². The first-order valence-electron chi connectivity index (χ1n) is 6.62. The highest BCUT2D eigenvalue weighted by molar-refractivity contribution is 7.89. The molecule has 0 aliphatic carbocycles. The summed E-state index contributed by atoms with van der Waals surface area (Å²) in [6, 6.07) is 0. The largest absolute Gasteiger partial charge is 0.314 e. The Labute approximate surface area is 132 Å². The van der Waals surface area contributed by atoms with Crippen molar-refractivity contribution in [1.29, 1.82) is 0 Å². The number of imidazole rings is 1. The Morgan fingerprint density at radius 3 is 2.95 bits per heavy atom. The third-order valence-corrected chi connectivity index (χ3v) is 5.98. The summed E-state index contributed by atoms with van der Waals surface area (Å²) in [6.45, 7) is 4.79. The molecule has 2 N–H and O–H groups in total. The van der Waals surface area contributed by atoms with E-state index in [1.165, 1.54) is 15.7 Å². The molecule has 3 rings (SSSR count). The molecule has 0 atom stereocenters. The van der Waals surface area contributed by atoms with Crippen molar-refractivity contribution in [3.63, 3.8) is 0 Å². The Kier molecular flexibility index (Phi) is 4.48. The van der Waals surface area contributed by atoms with E-state index in [-0.39, 0.29) is 10.2 Å². The Morgan fingerprint density at radius 2 is 2.19 bits per heavy atom.